The Bertz CT molecular complexity index is 1040. The van der Waals surface area contributed by atoms with Gasteiger partial charge in [0, 0.05) is 31.9 Å². The van der Waals surface area contributed by atoms with E-state index in [4.69, 9.17) is 0 Å². The van der Waals surface area contributed by atoms with Crippen LogP contribution < -0.4 is 21.1 Å². The molecule has 1 aromatic carbocycles. The van der Waals surface area contributed by atoms with E-state index < -0.39 is 0 Å². The van der Waals surface area contributed by atoms with Crippen LogP contribution in [0.2, 0.25) is 0 Å². The molecule has 1 fully saturated rings. The summed E-state index contributed by atoms with van der Waals surface area (Å²) in [6.45, 7) is 1.16. The molecule has 140 valence electrons. The van der Waals surface area contributed by atoms with Gasteiger partial charge in [0.15, 0.2) is 5.65 Å². The summed E-state index contributed by atoms with van der Waals surface area (Å²) < 4.78 is 14.5. The Morgan fingerprint density at radius 3 is 2.89 bits per heavy atom. The molecule has 3 N–H and O–H groups in total. The van der Waals surface area contributed by atoms with Crippen molar-refractivity contribution in [2.24, 2.45) is 7.05 Å². The van der Waals surface area contributed by atoms with E-state index in [9.17, 15) is 14.0 Å². The first-order valence-electron chi connectivity index (χ1n) is 8.49. The van der Waals surface area contributed by atoms with E-state index in [1.165, 1.54) is 30.5 Å². The molecule has 1 unspecified atom stereocenters. The predicted octanol–water partition coefficient (Wildman–Crippen LogP) is 1.20. The average molecular weight is 371 g/mol. The van der Waals surface area contributed by atoms with E-state index in [0.29, 0.717) is 42.2 Å². The van der Waals surface area contributed by atoms with Gasteiger partial charge in [0.05, 0.1) is 6.20 Å². The standard InChI is InChI=1S/C17H18FN7O2/c1-24-14-13(8-19-24)15(26)23-16(22-14)25-7-6-12(9-25)21-17(27)20-11-4-2-10(18)3-5-11/h2-5,8,12H,6-7,9H2,1H3,(H2,20,21,27)(H,22,23,26). The fourth-order valence-electron chi connectivity index (χ4n) is 3.13. The van der Waals surface area contributed by atoms with Gasteiger partial charge in [-0.2, -0.15) is 10.1 Å². The Kier molecular flexibility index (Phi) is 4.22. The Hall–Kier alpha value is -3.43. The molecular weight excluding hydrogens is 353 g/mol. The number of benzene rings is 1. The number of nitrogens with one attached hydrogen (secondary N) is 3. The number of carbonyl (C=O) groups is 1. The Labute approximate surface area is 153 Å². The van der Waals surface area contributed by atoms with E-state index in [2.05, 4.69) is 25.7 Å². The zero-order chi connectivity index (χ0) is 19.0. The number of urea groups is 1. The summed E-state index contributed by atoms with van der Waals surface area (Å²) in [5, 5.41) is 10.0. The molecule has 0 bridgehead atoms. The average Bonchev–Trinajstić information content (AvgIpc) is 3.24. The Morgan fingerprint density at radius 1 is 1.33 bits per heavy atom. The highest BCUT2D eigenvalue weighted by molar-refractivity contribution is 5.89. The molecule has 3 heterocycles. The number of aromatic amines is 1. The zero-order valence-corrected chi connectivity index (χ0v) is 14.6. The second-order valence-electron chi connectivity index (χ2n) is 6.43. The molecule has 4 rings (SSSR count). The van der Waals surface area contributed by atoms with Gasteiger partial charge in [0.2, 0.25) is 5.95 Å². The van der Waals surface area contributed by atoms with Gasteiger partial charge in [-0.1, -0.05) is 0 Å². The SMILES string of the molecule is Cn1ncc2c(=O)[nH]c(N3CCC(NC(=O)Nc4ccc(F)cc4)C3)nc21. The second kappa shape index (κ2) is 6.71. The van der Waals surface area contributed by atoms with Gasteiger partial charge >= 0.3 is 6.03 Å². The molecule has 27 heavy (non-hydrogen) atoms. The van der Waals surface area contributed by atoms with Crippen molar-refractivity contribution in [1.29, 1.82) is 0 Å². The number of aromatic nitrogens is 4. The molecular formula is C17H18FN7O2. The van der Waals surface area contributed by atoms with Gasteiger partial charge in [-0.05, 0) is 30.7 Å². The molecule has 0 aliphatic carbocycles. The third-order valence-electron chi connectivity index (χ3n) is 4.51. The van der Waals surface area contributed by atoms with Crippen molar-refractivity contribution in [2.75, 3.05) is 23.3 Å². The molecule has 2 amide bonds. The fourth-order valence-corrected chi connectivity index (χ4v) is 3.13. The van der Waals surface area contributed by atoms with Crippen LogP contribution in [-0.4, -0.2) is 44.9 Å². The summed E-state index contributed by atoms with van der Waals surface area (Å²) in [4.78, 5) is 33.4. The van der Waals surface area contributed by atoms with Crippen molar-refractivity contribution in [3.05, 3.63) is 46.6 Å². The van der Waals surface area contributed by atoms with Crippen molar-refractivity contribution < 1.29 is 9.18 Å². The molecule has 9 nitrogen and oxygen atoms in total. The number of halogens is 1. The lowest BCUT2D eigenvalue weighted by molar-refractivity contribution is 0.249. The number of H-pyrrole nitrogens is 1. The maximum Gasteiger partial charge on any atom is 0.319 e. The Balaban J connectivity index is 1.41. The summed E-state index contributed by atoms with van der Waals surface area (Å²) in [5.74, 6) is 0.0959. The molecule has 0 radical (unpaired) electrons. The number of rotatable bonds is 3. The summed E-state index contributed by atoms with van der Waals surface area (Å²) in [6, 6.07) is 5.09. The summed E-state index contributed by atoms with van der Waals surface area (Å²) >= 11 is 0. The van der Waals surface area contributed by atoms with Crippen molar-refractivity contribution >= 4 is 28.7 Å². The van der Waals surface area contributed by atoms with Gasteiger partial charge < -0.3 is 15.5 Å². The van der Waals surface area contributed by atoms with E-state index in [1.54, 1.807) is 11.7 Å². The van der Waals surface area contributed by atoms with Crippen molar-refractivity contribution in [1.82, 2.24) is 25.1 Å². The third kappa shape index (κ3) is 3.46. The zero-order valence-electron chi connectivity index (χ0n) is 14.6. The topological polar surface area (TPSA) is 108 Å². The summed E-state index contributed by atoms with van der Waals surface area (Å²) in [5.41, 5.74) is 0.782. The summed E-state index contributed by atoms with van der Waals surface area (Å²) in [6.07, 6.45) is 2.20. The van der Waals surface area contributed by atoms with Crippen LogP contribution in [0.3, 0.4) is 0 Å². The molecule has 2 aromatic heterocycles. The molecule has 1 aliphatic rings. The highest BCUT2D eigenvalue weighted by Crippen LogP contribution is 2.17. The molecule has 0 spiro atoms. The lowest BCUT2D eigenvalue weighted by atomic mass is 10.3. The van der Waals surface area contributed by atoms with Gasteiger partial charge in [-0.25, -0.2) is 9.18 Å². The molecule has 1 saturated heterocycles. The van der Waals surface area contributed by atoms with Gasteiger partial charge in [-0.3, -0.25) is 14.5 Å². The first kappa shape index (κ1) is 17.0. The van der Waals surface area contributed by atoms with Gasteiger partial charge in [0.1, 0.15) is 11.2 Å². The first-order chi connectivity index (χ1) is 13.0. The molecule has 1 atom stereocenters. The largest absolute Gasteiger partial charge is 0.340 e. The van der Waals surface area contributed by atoms with Crippen LogP contribution in [-0.2, 0) is 7.05 Å². The van der Waals surface area contributed by atoms with Crippen LogP contribution >= 0.6 is 0 Å². The minimum atomic E-state index is -0.364. The molecule has 3 aromatic rings. The number of carbonyl (C=O) groups excluding carboxylic acids is 1. The highest BCUT2D eigenvalue weighted by atomic mass is 19.1. The van der Waals surface area contributed by atoms with Crippen LogP contribution in [0.25, 0.3) is 11.0 Å². The quantitative estimate of drug-likeness (QED) is 0.641. The van der Waals surface area contributed by atoms with Crippen molar-refractivity contribution in [3.63, 3.8) is 0 Å². The molecule has 0 saturated carbocycles. The third-order valence-corrected chi connectivity index (χ3v) is 4.51. The maximum atomic E-state index is 12.9. The lowest BCUT2D eigenvalue weighted by Gasteiger charge is -2.17. The summed E-state index contributed by atoms with van der Waals surface area (Å²) in [7, 11) is 1.73. The monoisotopic (exact) mass is 371 g/mol. The van der Waals surface area contributed by atoms with Crippen LogP contribution in [0.5, 0.6) is 0 Å². The van der Waals surface area contributed by atoms with Crippen molar-refractivity contribution in [2.45, 2.75) is 12.5 Å². The van der Waals surface area contributed by atoms with Crippen LogP contribution in [0.1, 0.15) is 6.42 Å². The number of amides is 2. The van der Waals surface area contributed by atoms with E-state index in [1.807, 2.05) is 4.90 Å². The van der Waals surface area contributed by atoms with Gasteiger partial charge in [0.25, 0.3) is 5.56 Å². The number of nitrogens with zero attached hydrogens (tertiary/aromatic N) is 4. The number of hydrogen-bond donors (Lipinski definition) is 3. The number of anilines is 2. The maximum absolute atomic E-state index is 12.9. The predicted molar refractivity (Wildman–Crippen MR) is 98.3 cm³/mol. The minimum absolute atomic E-state index is 0.0991. The van der Waals surface area contributed by atoms with Crippen LogP contribution in [0.4, 0.5) is 20.8 Å². The fraction of sp³-hybridized carbons (Fsp3) is 0.294. The number of fused-ring (bicyclic) bond motifs is 1. The van der Waals surface area contributed by atoms with E-state index >= 15 is 0 Å². The number of aryl methyl sites for hydroxylation is 1. The highest BCUT2D eigenvalue weighted by Gasteiger charge is 2.26. The van der Waals surface area contributed by atoms with E-state index in [-0.39, 0.29) is 23.4 Å². The first-order valence-corrected chi connectivity index (χ1v) is 8.49. The van der Waals surface area contributed by atoms with Crippen molar-refractivity contribution in [3.8, 4) is 0 Å². The molecule has 10 heteroatoms. The normalized spacial score (nSPS) is 16.7. The molecule has 1 aliphatic heterocycles. The van der Waals surface area contributed by atoms with Gasteiger partial charge in [-0.15, -0.1) is 0 Å². The van der Waals surface area contributed by atoms with Crippen LogP contribution in [0.15, 0.2) is 35.3 Å². The minimum Gasteiger partial charge on any atom is -0.340 e. The smallest absolute Gasteiger partial charge is 0.319 e. The van der Waals surface area contributed by atoms with Crippen LogP contribution in [0, 0.1) is 5.82 Å². The lowest BCUT2D eigenvalue weighted by Crippen LogP contribution is -2.40. The van der Waals surface area contributed by atoms with E-state index in [0.717, 1.165) is 0 Å². The second-order valence-corrected chi connectivity index (χ2v) is 6.43. The number of hydrogen-bond acceptors (Lipinski definition) is 5. The Morgan fingerprint density at radius 2 is 2.11 bits per heavy atom.